The number of anilines is 1. The first-order chi connectivity index (χ1) is 12.7. The van der Waals surface area contributed by atoms with Crippen LogP contribution in [0, 0.1) is 0 Å². The third-order valence-electron chi connectivity index (χ3n) is 4.14. The number of aromatic nitrogens is 1. The third-order valence-corrected chi connectivity index (χ3v) is 4.14. The van der Waals surface area contributed by atoms with Crippen molar-refractivity contribution in [2.24, 2.45) is 0 Å². The SMILES string of the molecule is CCCCCCN(CC(=O)Nc1ccon1)C(=O)CCc1ccccc1. The summed E-state index contributed by atoms with van der Waals surface area (Å²) in [6.07, 6.45) is 6.70. The summed E-state index contributed by atoms with van der Waals surface area (Å²) in [6.45, 7) is 2.78. The number of carbonyl (C=O) groups is 2. The zero-order valence-electron chi connectivity index (χ0n) is 15.3. The molecule has 0 aliphatic carbocycles. The Hall–Kier alpha value is -2.63. The highest BCUT2D eigenvalue weighted by molar-refractivity contribution is 5.93. The Bertz CT molecular complexity index is 656. The molecule has 140 valence electrons. The lowest BCUT2D eigenvalue weighted by molar-refractivity contribution is -0.134. The minimum absolute atomic E-state index is 0.000606. The molecule has 0 saturated heterocycles. The minimum atomic E-state index is -0.262. The van der Waals surface area contributed by atoms with Crippen LogP contribution in [0.25, 0.3) is 0 Å². The van der Waals surface area contributed by atoms with Crippen molar-refractivity contribution in [3.05, 3.63) is 48.2 Å². The van der Waals surface area contributed by atoms with Crippen LogP contribution in [0.15, 0.2) is 47.2 Å². The van der Waals surface area contributed by atoms with Gasteiger partial charge in [-0.3, -0.25) is 9.59 Å². The maximum atomic E-state index is 12.6. The maximum absolute atomic E-state index is 12.6. The van der Waals surface area contributed by atoms with Gasteiger partial charge in [0.05, 0.1) is 6.54 Å². The molecule has 0 saturated carbocycles. The van der Waals surface area contributed by atoms with Gasteiger partial charge in [0.15, 0.2) is 5.82 Å². The summed E-state index contributed by atoms with van der Waals surface area (Å²) in [6, 6.07) is 11.5. The van der Waals surface area contributed by atoms with Gasteiger partial charge in [-0.25, -0.2) is 0 Å². The van der Waals surface area contributed by atoms with Crippen LogP contribution in [0.4, 0.5) is 5.82 Å². The zero-order valence-corrected chi connectivity index (χ0v) is 15.3. The first-order valence-corrected chi connectivity index (χ1v) is 9.21. The largest absolute Gasteiger partial charge is 0.363 e. The van der Waals surface area contributed by atoms with Crippen LogP contribution in [0.1, 0.15) is 44.6 Å². The Kier molecular flexibility index (Phi) is 8.39. The van der Waals surface area contributed by atoms with Crippen molar-refractivity contribution in [2.45, 2.75) is 45.4 Å². The van der Waals surface area contributed by atoms with Crippen molar-refractivity contribution < 1.29 is 14.1 Å². The highest BCUT2D eigenvalue weighted by Gasteiger charge is 2.17. The molecule has 1 aromatic carbocycles. The van der Waals surface area contributed by atoms with Gasteiger partial charge in [-0.2, -0.15) is 0 Å². The number of unbranched alkanes of at least 4 members (excludes halogenated alkanes) is 3. The molecule has 1 heterocycles. The summed E-state index contributed by atoms with van der Waals surface area (Å²) in [7, 11) is 0. The number of rotatable bonds is 11. The minimum Gasteiger partial charge on any atom is -0.363 e. The van der Waals surface area contributed by atoms with Crippen molar-refractivity contribution >= 4 is 17.6 Å². The lowest BCUT2D eigenvalue weighted by Gasteiger charge is -2.22. The van der Waals surface area contributed by atoms with Crippen LogP contribution in [-0.4, -0.2) is 35.0 Å². The molecule has 0 atom stereocenters. The van der Waals surface area contributed by atoms with E-state index in [2.05, 4.69) is 17.4 Å². The van der Waals surface area contributed by atoms with E-state index in [1.807, 2.05) is 30.3 Å². The van der Waals surface area contributed by atoms with E-state index in [4.69, 9.17) is 4.52 Å². The van der Waals surface area contributed by atoms with Gasteiger partial charge in [0.1, 0.15) is 6.26 Å². The average molecular weight is 357 g/mol. The second-order valence-corrected chi connectivity index (χ2v) is 6.29. The average Bonchev–Trinajstić information content (AvgIpc) is 3.16. The highest BCUT2D eigenvalue weighted by Crippen LogP contribution is 2.08. The lowest BCUT2D eigenvalue weighted by atomic mass is 10.1. The van der Waals surface area contributed by atoms with Crippen molar-refractivity contribution in [1.29, 1.82) is 0 Å². The van der Waals surface area contributed by atoms with E-state index in [9.17, 15) is 9.59 Å². The summed E-state index contributed by atoms with van der Waals surface area (Å²) < 4.78 is 4.70. The molecule has 6 nitrogen and oxygen atoms in total. The fourth-order valence-corrected chi connectivity index (χ4v) is 2.71. The van der Waals surface area contributed by atoms with Gasteiger partial charge in [0, 0.05) is 19.0 Å². The number of hydrogen-bond acceptors (Lipinski definition) is 4. The second kappa shape index (κ2) is 11.1. The van der Waals surface area contributed by atoms with Crippen LogP contribution in [0.3, 0.4) is 0 Å². The van der Waals surface area contributed by atoms with Gasteiger partial charge in [-0.05, 0) is 18.4 Å². The Labute approximate surface area is 154 Å². The number of hydrogen-bond donors (Lipinski definition) is 1. The second-order valence-electron chi connectivity index (χ2n) is 6.29. The monoisotopic (exact) mass is 357 g/mol. The van der Waals surface area contributed by atoms with E-state index >= 15 is 0 Å². The fraction of sp³-hybridized carbons (Fsp3) is 0.450. The number of nitrogens with one attached hydrogen (secondary N) is 1. The number of nitrogens with zero attached hydrogens (tertiary/aromatic N) is 2. The van der Waals surface area contributed by atoms with E-state index in [-0.39, 0.29) is 18.4 Å². The van der Waals surface area contributed by atoms with Gasteiger partial charge in [-0.15, -0.1) is 0 Å². The molecule has 0 unspecified atom stereocenters. The quantitative estimate of drug-likeness (QED) is 0.623. The molecule has 0 fully saturated rings. The molecule has 0 spiro atoms. The summed E-state index contributed by atoms with van der Waals surface area (Å²) >= 11 is 0. The standard InChI is InChI=1S/C20H27N3O3/c1-2-3-4-8-14-23(16-19(24)21-18-13-15-26-22-18)20(25)12-11-17-9-6-5-7-10-17/h5-7,9-10,13,15H,2-4,8,11-12,14,16H2,1H3,(H,21,22,24). The Balaban J connectivity index is 1.88. The topological polar surface area (TPSA) is 75.4 Å². The van der Waals surface area contributed by atoms with Gasteiger partial charge < -0.3 is 14.7 Å². The molecular formula is C20H27N3O3. The number of aryl methyl sites for hydroxylation is 1. The summed E-state index contributed by atoms with van der Waals surface area (Å²) in [4.78, 5) is 26.5. The molecule has 0 bridgehead atoms. The van der Waals surface area contributed by atoms with Gasteiger partial charge in [0.2, 0.25) is 11.8 Å². The zero-order chi connectivity index (χ0) is 18.6. The van der Waals surface area contributed by atoms with E-state index < -0.39 is 0 Å². The van der Waals surface area contributed by atoms with Crippen molar-refractivity contribution in [1.82, 2.24) is 10.1 Å². The number of carbonyl (C=O) groups excluding carboxylic acids is 2. The molecule has 1 aromatic heterocycles. The number of benzene rings is 1. The van der Waals surface area contributed by atoms with Crippen molar-refractivity contribution in [3.63, 3.8) is 0 Å². The Morgan fingerprint density at radius 1 is 1.12 bits per heavy atom. The maximum Gasteiger partial charge on any atom is 0.245 e. The molecule has 0 radical (unpaired) electrons. The molecular weight excluding hydrogens is 330 g/mol. The van der Waals surface area contributed by atoms with Crippen molar-refractivity contribution in [3.8, 4) is 0 Å². The molecule has 26 heavy (non-hydrogen) atoms. The third kappa shape index (κ3) is 7.09. The Morgan fingerprint density at radius 2 is 1.92 bits per heavy atom. The van der Waals surface area contributed by atoms with E-state index in [1.165, 1.54) is 6.26 Å². The number of amides is 2. The lowest BCUT2D eigenvalue weighted by Crippen LogP contribution is -2.38. The smallest absolute Gasteiger partial charge is 0.245 e. The predicted molar refractivity (Wildman–Crippen MR) is 101 cm³/mol. The molecule has 6 heteroatoms. The van der Waals surface area contributed by atoms with E-state index in [0.717, 1.165) is 31.2 Å². The fourth-order valence-electron chi connectivity index (χ4n) is 2.71. The van der Waals surface area contributed by atoms with Gasteiger partial charge in [0.25, 0.3) is 0 Å². The van der Waals surface area contributed by atoms with Crippen LogP contribution in [0.5, 0.6) is 0 Å². The Morgan fingerprint density at radius 3 is 2.62 bits per heavy atom. The van der Waals surface area contributed by atoms with Crippen LogP contribution < -0.4 is 5.32 Å². The van der Waals surface area contributed by atoms with Gasteiger partial charge >= 0.3 is 0 Å². The van der Waals surface area contributed by atoms with Gasteiger partial charge in [-0.1, -0.05) is 61.7 Å². The van der Waals surface area contributed by atoms with E-state index in [0.29, 0.717) is 25.2 Å². The summed E-state index contributed by atoms with van der Waals surface area (Å²) in [5.41, 5.74) is 1.12. The highest BCUT2D eigenvalue weighted by atomic mass is 16.5. The molecule has 0 aliphatic rings. The first-order valence-electron chi connectivity index (χ1n) is 9.21. The molecule has 2 aromatic rings. The summed E-state index contributed by atoms with van der Waals surface area (Å²) in [5.74, 6) is 0.0979. The van der Waals surface area contributed by atoms with Crippen LogP contribution in [0.2, 0.25) is 0 Å². The van der Waals surface area contributed by atoms with Crippen molar-refractivity contribution in [2.75, 3.05) is 18.4 Å². The molecule has 2 rings (SSSR count). The summed E-state index contributed by atoms with van der Waals surface area (Å²) in [5, 5.41) is 6.31. The normalized spacial score (nSPS) is 10.5. The first kappa shape index (κ1) is 19.7. The molecule has 1 N–H and O–H groups in total. The molecule has 2 amide bonds. The predicted octanol–water partition coefficient (Wildman–Crippen LogP) is 3.65. The van der Waals surface area contributed by atoms with Crippen LogP contribution >= 0.6 is 0 Å². The van der Waals surface area contributed by atoms with Crippen LogP contribution in [-0.2, 0) is 16.0 Å². The van der Waals surface area contributed by atoms with E-state index in [1.54, 1.807) is 11.0 Å². The molecule has 0 aliphatic heterocycles.